The van der Waals surface area contributed by atoms with Crippen molar-refractivity contribution in [2.24, 2.45) is 0 Å². The quantitative estimate of drug-likeness (QED) is 0.584. The molecule has 0 spiro atoms. The minimum Gasteiger partial charge on any atom is -0.489 e. The molecule has 0 saturated heterocycles. The van der Waals surface area contributed by atoms with Gasteiger partial charge in [0.05, 0.1) is 17.0 Å². The second-order valence-corrected chi connectivity index (χ2v) is 7.38. The number of aromatic nitrogens is 3. The molecule has 2 aromatic heterocycles. The first-order chi connectivity index (χ1) is 14.7. The molecule has 0 aliphatic carbocycles. The van der Waals surface area contributed by atoms with E-state index < -0.39 is 30.3 Å². The van der Waals surface area contributed by atoms with E-state index in [2.05, 4.69) is 20.5 Å². The largest absolute Gasteiger partial charge is 0.489 e. The number of carbonyl (C=O) groups excluding carboxylic acids is 1. The number of para-hydroxylation sites is 2. The molecule has 1 amide bonds. The van der Waals surface area contributed by atoms with Gasteiger partial charge in [0, 0.05) is 13.2 Å². The summed E-state index contributed by atoms with van der Waals surface area (Å²) in [4.78, 5) is 18.4. The van der Waals surface area contributed by atoms with Gasteiger partial charge in [-0.1, -0.05) is 12.1 Å². The summed E-state index contributed by atoms with van der Waals surface area (Å²) in [7, 11) is 1.66. The molecule has 1 aromatic carbocycles. The highest BCUT2D eigenvalue weighted by atomic mass is 19.4. The van der Waals surface area contributed by atoms with Crippen molar-refractivity contribution in [1.29, 1.82) is 0 Å². The van der Waals surface area contributed by atoms with Crippen LogP contribution in [0.15, 0.2) is 36.5 Å². The van der Waals surface area contributed by atoms with Crippen molar-refractivity contribution in [3.63, 3.8) is 0 Å². The average Bonchev–Trinajstić information content (AvgIpc) is 3.13. The minimum atomic E-state index is -4.44. The van der Waals surface area contributed by atoms with Gasteiger partial charge in [0.25, 0.3) is 5.91 Å². The number of carbonyl (C=O) groups is 1. The first-order valence-electron chi connectivity index (χ1n) is 9.51. The third kappa shape index (κ3) is 3.88. The Balaban J connectivity index is 1.59. The van der Waals surface area contributed by atoms with Gasteiger partial charge in [-0.05, 0) is 30.7 Å². The van der Waals surface area contributed by atoms with Crippen LogP contribution in [0.4, 0.5) is 18.9 Å². The number of aromatic amines is 1. The molecule has 8 nitrogen and oxygen atoms in total. The Kier molecular flexibility index (Phi) is 5.21. The lowest BCUT2D eigenvalue weighted by molar-refractivity contribution is -0.146. The molecule has 3 N–H and O–H groups in total. The van der Waals surface area contributed by atoms with E-state index in [-0.39, 0.29) is 28.9 Å². The number of ether oxygens (including phenoxy) is 1. The van der Waals surface area contributed by atoms with Gasteiger partial charge in [-0.2, -0.15) is 18.3 Å². The Morgan fingerprint density at radius 2 is 2.13 bits per heavy atom. The summed E-state index contributed by atoms with van der Waals surface area (Å²) in [6, 6.07) is 7.55. The number of amides is 1. The van der Waals surface area contributed by atoms with E-state index >= 15 is 0 Å². The lowest BCUT2D eigenvalue weighted by atomic mass is 10.0. The second-order valence-electron chi connectivity index (χ2n) is 7.38. The Morgan fingerprint density at radius 3 is 2.87 bits per heavy atom. The molecule has 1 aliphatic heterocycles. The molecule has 1 aliphatic rings. The van der Waals surface area contributed by atoms with E-state index in [1.54, 1.807) is 36.2 Å². The number of anilines is 1. The Bertz CT molecular complexity index is 1120. The van der Waals surface area contributed by atoms with Crippen LogP contribution in [0.5, 0.6) is 5.75 Å². The first kappa shape index (κ1) is 20.9. The molecule has 3 aromatic rings. The maximum Gasteiger partial charge on any atom is 0.395 e. The SMILES string of the molecule is CC(c1cnc2[nH]nc(C(=O)N[C@H]3COc4ccccc4N(C)C3O)c2c1)C(F)(F)F. The predicted octanol–water partition coefficient (Wildman–Crippen LogP) is 2.57. The van der Waals surface area contributed by atoms with E-state index in [9.17, 15) is 23.1 Å². The molecular weight excluding hydrogens is 415 g/mol. The lowest BCUT2D eigenvalue weighted by Gasteiger charge is -2.28. The van der Waals surface area contributed by atoms with E-state index in [0.717, 1.165) is 13.1 Å². The molecule has 4 rings (SSSR count). The smallest absolute Gasteiger partial charge is 0.395 e. The Hall–Kier alpha value is -3.34. The van der Waals surface area contributed by atoms with Crippen LogP contribution in [0.25, 0.3) is 11.0 Å². The van der Waals surface area contributed by atoms with Crippen molar-refractivity contribution < 1.29 is 27.8 Å². The van der Waals surface area contributed by atoms with Crippen molar-refractivity contribution in [2.45, 2.75) is 31.3 Å². The summed E-state index contributed by atoms with van der Waals surface area (Å²) in [5, 5.41) is 20.0. The number of aliphatic hydroxyl groups is 1. The standard InChI is InChI=1S/C20H20F3N5O3/c1-10(20(21,22)23)11-7-12-16(26-27-17(12)24-8-11)18(29)25-13-9-31-15-6-4-3-5-14(15)28(2)19(13)30/h3-8,10,13,19,30H,9H2,1-2H3,(H,25,29)(H,24,26,27)/t10?,13-,19?/m0/s1. The summed E-state index contributed by atoms with van der Waals surface area (Å²) < 4.78 is 45.0. The maximum absolute atomic E-state index is 13.1. The third-order valence-corrected chi connectivity index (χ3v) is 5.38. The van der Waals surface area contributed by atoms with Gasteiger partial charge in [0.2, 0.25) is 0 Å². The van der Waals surface area contributed by atoms with Crippen molar-refractivity contribution in [1.82, 2.24) is 20.5 Å². The van der Waals surface area contributed by atoms with Crippen LogP contribution >= 0.6 is 0 Å². The molecule has 31 heavy (non-hydrogen) atoms. The van der Waals surface area contributed by atoms with Crippen molar-refractivity contribution in [3.05, 3.63) is 47.8 Å². The van der Waals surface area contributed by atoms with Gasteiger partial charge in [0.1, 0.15) is 18.4 Å². The zero-order valence-electron chi connectivity index (χ0n) is 16.6. The molecule has 0 saturated carbocycles. The van der Waals surface area contributed by atoms with Crippen LogP contribution in [-0.4, -0.2) is 58.3 Å². The van der Waals surface area contributed by atoms with Gasteiger partial charge in [0.15, 0.2) is 17.6 Å². The van der Waals surface area contributed by atoms with Crippen LogP contribution in [0.3, 0.4) is 0 Å². The number of nitrogens with one attached hydrogen (secondary N) is 2. The number of nitrogens with zero attached hydrogens (tertiary/aromatic N) is 3. The van der Waals surface area contributed by atoms with Crippen molar-refractivity contribution in [2.75, 3.05) is 18.6 Å². The van der Waals surface area contributed by atoms with Gasteiger partial charge in [-0.15, -0.1) is 0 Å². The maximum atomic E-state index is 13.1. The number of halogens is 3. The number of benzene rings is 1. The summed E-state index contributed by atoms with van der Waals surface area (Å²) in [5.41, 5.74) is 0.649. The molecule has 0 fully saturated rings. The van der Waals surface area contributed by atoms with Crippen LogP contribution < -0.4 is 15.0 Å². The lowest BCUT2D eigenvalue weighted by Crippen LogP contribution is -2.52. The minimum absolute atomic E-state index is 0.00871. The number of hydrogen-bond donors (Lipinski definition) is 3. The highest BCUT2D eigenvalue weighted by Crippen LogP contribution is 2.35. The fourth-order valence-electron chi connectivity index (χ4n) is 3.42. The number of aliphatic hydroxyl groups excluding tert-OH is 1. The molecule has 0 bridgehead atoms. The molecular formula is C20H20F3N5O3. The zero-order chi connectivity index (χ0) is 22.3. The van der Waals surface area contributed by atoms with E-state index in [4.69, 9.17) is 4.74 Å². The molecule has 2 unspecified atom stereocenters. The number of alkyl halides is 3. The monoisotopic (exact) mass is 435 g/mol. The number of pyridine rings is 1. The molecule has 3 heterocycles. The highest BCUT2D eigenvalue weighted by molar-refractivity contribution is 6.04. The molecule has 3 atom stereocenters. The van der Waals surface area contributed by atoms with E-state index in [1.807, 2.05) is 0 Å². The van der Waals surface area contributed by atoms with Crippen LogP contribution in [0, 0.1) is 0 Å². The number of rotatable bonds is 3. The number of fused-ring (bicyclic) bond motifs is 2. The van der Waals surface area contributed by atoms with Crippen LogP contribution in [0.1, 0.15) is 28.9 Å². The Morgan fingerprint density at radius 1 is 1.39 bits per heavy atom. The summed E-state index contributed by atoms with van der Waals surface area (Å²) in [5.74, 6) is -1.86. The summed E-state index contributed by atoms with van der Waals surface area (Å²) >= 11 is 0. The summed E-state index contributed by atoms with van der Waals surface area (Å²) in [6.45, 7) is 1.01. The van der Waals surface area contributed by atoms with Crippen molar-refractivity contribution in [3.8, 4) is 5.75 Å². The van der Waals surface area contributed by atoms with Crippen LogP contribution in [0.2, 0.25) is 0 Å². The van der Waals surface area contributed by atoms with Crippen molar-refractivity contribution >= 4 is 22.6 Å². The van der Waals surface area contributed by atoms with E-state index in [1.165, 1.54) is 6.07 Å². The number of likely N-dealkylation sites (N-methyl/N-ethyl adjacent to an activating group) is 1. The highest BCUT2D eigenvalue weighted by Gasteiger charge is 2.38. The normalized spacial score (nSPS) is 20.0. The second kappa shape index (κ2) is 7.73. The van der Waals surface area contributed by atoms with Gasteiger partial charge in [-0.25, -0.2) is 4.98 Å². The van der Waals surface area contributed by atoms with Crippen LogP contribution in [-0.2, 0) is 0 Å². The third-order valence-electron chi connectivity index (χ3n) is 5.38. The average molecular weight is 435 g/mol. The summed E-state index contributed by atoms with van der Waals surface area (Å²) in [6.07, 6.45) is -4.44. The first-order valence-corrected chi connectivity index (χ1v) is 9.51. The van der Waals surface area contributed by atoms with Gasteiger partial charge in [-0.3, -0.25) is 9.89 Å². The zero-order valence-corrected chi connectivity index (χ0v) is 16.6. The fourth-order valence-corrected chi connectivity index (χ4v) is 3.42. The van der Waals surface area contributed by atoms with Gasteiger partial charge >= 0.3 is 6.18 Å². The predicted molar refractivity (Wildman–Crippen MR) is 106 cm³/mol. The molecule has 11 heteroatoms. The molecule has 164 valence electrons. The number of H-pyrrole nitrogens is 1. The fraction of sp³-hybridized carbons (Fsp3) is 0.350. The van der Waals surface area contributed by atoms with E-state index in [0.29, 0.717) is 11.4 Å². The Labute approximate surface area is 175 Å². The molecule has 0 radical (unpaired) electrons. The number of hydrogen-bond acceptors (Lipinski definition) is 6. The van der Waals surface area contributed by atoms with Gasteiger partial charge < -0.3 is 20.1 Å². The topological polar surface area (TPSA) is 103 Å².